The molecule has 3 aromatic rings. The van der Waals surface area contributed by atoms with Crippen molar-refractivity contribution in [3.63, 3.8) is 0 Å². The molecule has 0 atom stereocenters. The first-order valence-electron chi connectivity index (χ1n) is 7.68. The first-order chi connectivity index (χ1) is 11.7. The molecule has 0 fully saturated rings. The van der Waals surface area contributed by atoms with Gasteiger partial charge in [0.2, 0.25) is 0 Å². The van der Waals surface area contributed by atoms with Crippen LogP contribution in [-0.4, -0.2) is 29.2 Å². The zero-order valence-electron chi connectivity index (χ0n) is 13.3. The van der Waals surface area contributed by atoms with E-state index in [-0.39, 0.29) is 12.3 Å². The second-order valence-electron chi connectivity index (χ2n) is 5.32. The summed E-state index contributed by atoms with van der Waals surface area (Å²) in [6.07, 6.45) is 0.553. The smallest absolute Gasteiger partial charge is 0.338 e. The van der Waals surface area contributed by atoms with Crippen molar-refractivity contribution in [2.75, 3.05) is 13.7 Å². The zero-order chi connectivity index (χ0) is 16.9. The number of carbonyl (C=O) groups is 1. The van der Waals surface area contributed by atoms with Crippen molar-refractivity contribution in [1.29, 1.82) is 0 Å². The first kappa shape index (κ1) is 15.9. The van der Waals surface area contributed by atoms with Gasteiger partial charge in [0.15, 0.2) is 0 Å². The second-order valence-corrected chi connectivity index (χ2v) is 5.32. The van der Waals surface area contributed by atoms with Crippen LogP contribution in [0.2, 0.25) is 0 Å². The number of benzene rings is 2. The largest absolute Gasteiger partial charge is 0.497 e. The average Bonchev–Trinajstić information content (AvgIpc) is 2.94. The van der Waals surface area contributed by atoms with Crippen LogP contribution in [0.15, 0.2) is 53.3 Å². The molecular weight excluding hydrogens is 308 g/mol. The number of para-hydroxylation sites is 2. The minimum atomic E-state index is -0.403. The number of aryl methyl sites for hydroxylation is 1. The number of ether oxygens (including phenoxy) is 2. The van der Waals surface area contributed by atoms with Crippen LogP contribution >= 0.6 is 0 Å². The Bertz CT molecular complexity index is 911. The monoisotopic (exact) mass is 326 g/mol. The lowest BCUT2D eigenvalue weighted by molar-refractivity contribution is 0.0495. The van der Waals surface area contributed by atoms with Crippen molar-refractivity contribution in [2.45, 2.75) is 13.0 Å². The number of nitrogens with zero attached hydrogens (tertiary/aromatic N) is 1. The lowest BCUT2D eigenvalue weighted by atomic mass is 10.2. The Balaban J connectivity index is 1.57. The molecule has 0 aliphatic heterocycles. The van der Waals surface area contributed by atoms with Crippen LogP contribution in [0.1, 0.15) is 16.8 Å². The number of fused-ring (bicyclic) bond motifs is 1. The highest BCUT2D eigenvalue weighted by Gasteiger charge is 2.09. The first-order valence-corrected chi connectivity index (χ1v) is 7.68. The fourth-order valence-corrected chi connectivity index (χ4v) is 2.55. The second kappa shape index (κ2) is 7.04. The number of imidazole rings is 1. The van der Waals surface area contributed by atoms with Crippen molar-refractivity contribution in [3.8, 4) is 5.75 Å². The molecular formula is C18H18N2O4. The van der Waals surface area contributed by atoms with Gasteiger partial charge >= 0.3 is 11.7 Å². The summed E-state index contributed by atoms with van der Waals surface area (Å²) in [5.74, 6) is 0.204. The highest BCUT2D eigenvalue weighted by molar-refractivity contribution is 5.89. The van der Waals surface area contributed by atoms with E-state index in [2.05, 4.69) is 4.98 Å². The summed E-state index contributed by atoms with van der Waals surface area (Å²) in [5, 5.41) is 0. The SMILES string of the molecule is COc1cccc(C(=O)OCCCn2c(=O)[nH]c3ccccc32)c1. The Labute approximate surface area is 138 Å². The van der Waals surface area contributed by atoms with Crippen LogP contribution in [0.3, 0.4) is 0 Å². The minimum absolute atomic E-state index is 0.157. The van der Waals surface area contributed by atoms with E-state index in [0.29, 0.717) is 24.3 Å². The molecule has 0 spiro atoms. The van der Waals surface area contributed by atoms with Gasteiger partial charge in [0.1, 0.15) is 5.75 Å². The number of rotatable bonds is 6. The van der Waals surface area contributed by atoms with Gasteiger partial charge in [0, 0.05) is 6.54 Å². The molecule has 0 unspecified atom stereocenters. The summed E-state index contributed by atoms with van der Waals surface area (Å²) in [4.78, 5) is 26.7. The molecule has 6 heteroatoms. The highest BCUT2D eigenvalue weighted by atomic mass is 16.5. The summed E-state index contributed by atoms with van der Waals surface area (Å²) >= 11 is 0. The number of esters is 1. The number of methoxy groups -OCH3 is 1. The molecule has 0 aliphatic carbocycles. The van der Waals surface area contributed by atoms with Crippen LogP contribution in [0.25, 0.3) is 11.0 Å². The number of hydrogen-bond acceptors (Lipinski definition) is 4. The standard InChI is InChI=1S/C18H18N2O4/c1-23-14-7-4-6-13(12-14)17(21)24-11-5-10-20-16-9-3-2-8-15(16)19-18(20)22/h2-4,6-9,12H,5,10-11H2,1H3,(H,19,22). The van der Waals surface area contributed by atoms with Gasteiger partial charge in [0.25, 0.3) is 0 Å². The lowest BCUT2D eigenvalue weighted by Gasteiger charge is -2.07. The highest BCUT2D eigenvalue weighted by Crippen LogP contribution is 2.14. The summed E-state index contributed by atoms with van der Waals surface area (Å²) in [6, 6.07) is 14.3. The number of H-pyrrole nitrogens is 1. The van der Waals surface area contributed by atoms with E-state index in [0.717, 1.165) is 11.0 Å². The van der Waals surface area contributed by atoms with Gasteiger partial charge < -0.3 is 14.5 Å². The summed E-state index contributed by atoms with van der Waals surface area (Å²) in [5.41, 5.74) is 1.94. The van der Waals surface area contributed by atoms with E-state index in [1.54, 1.807) is 35.9 Å². The van der Waals surface area contributed by atoms with Crippen molar-refractivity contribution >= 4 is 17.0 Å². The quantitative estimate of drug-likeness (QED) is 0.558. The Morgan fingerprint density at radius 1 is 1.17 bits per heavy atom. The van der Waals surface area contributed by atoms with Gasteiger partial charge in [0.05, 0.1) is 30.3 Å². The third-order valence-electron chi connectivity index (χ3n) is 3.75. The topological polar surface area (TPSA) is 73.3 Å². The molecule has 0 saturated carbocycles. The summed E-state index contributed by atoms with van der Waals surface area (Å²) < 4.78 is 12.0. The van der Waals surface area contributed by atoms with Crippen molar-refractivity contribution in [2.24, 2.45) is 0 Å². The molecule has 6 nitrogen and oxygen atoms in total. The van der Waals surface area contributed by atoms with Crippen LogP contribution in [0.4, 0.5) is 0 Å². The number of carbonyl (C=O) groups excluding carboxylic acids is 1. The van der Waals surface area contributed by atoms with Crippen LogP contribution in [0, 0.1) is 0 Å². The minimum Gasteiger partial charge on any atom is -0.497 e. The van der Waals surface area contributed by atoms with Crippen molar-refractivity contribution < 1.29 is 14.3 Å². The average molecular weight is 326 g/mol. The molecule has 0 aliphatic rings. The van der Waals surface area contributed by atoms with Crippen LogP contribution < -0.4 is 10.4 Å². The number of aromatic amines is 1. The third kappa shape index (κ3) is 3.32. The number of aromatic nitrogens is 2. The maximum Gasteiger partial charge on any atom is 0.338 e. The zero-order valence-corrected chi connectivity index (χ0v) is 13.3. The Morgan fingerprint density at radius 2 is 2.00 bits per heavy atom. The predicted molar refractivity (Wildman–Crippen MR) is 90.5 cm³/mol. The maximum absolute atomic E-state index is 12.0. The van der Waals surface area contributed by atoms with Gasteiger partial charge in [-0.05, 0) is 36.8 Å². The molecule has 0 amide bonds. The van der Waals surface area contributed by atoms with Crippen molar-refractivity contribution in [3.05, 3.63) is 64.6 Å². The molecule has 1 heterocycles. The Morgan fingerprint density at radius 3 is 2.83 bits per heavy atom. The van der Waals surface area contributed by atoms with E-state index in [9.17, 15) is 9.59 Å². The number of nitrogens with one attached hydrogen (secondary N) is 1. The van der Waals surface area contributed by atoms with Gasteiger partial charge in [-0.15, -0.1) is 0 Å². The molecule has 0 radical (unpaired) electrons. The van der Waals surface area contributed by atoms with Crippen LogP contribution in [-0.2, 0) is 11.3 Å². The van der Waals surface area contributed by atoms with E-state index in [1.807, 2.05) is 24.3 Å². The fraction of sp³-hybridized carbons (Fsp3) is 0.222. The number of hydrogen-bond donors (Lipinski definition) is 1. The predicted octanol–water partition coefficient (Wildman–Crippen LogP) is 2.59. The van der Waals surface area contributed by atoms with E-state index in [4.69, 9.17) is 9.47 Å². The summed E-state index contributed by atoms with van der Waals surface area (Å²) in [6.45, 7) is 0.718. The van der Waals surface area contributed by atoms with E-state index < -0.39 is 5.97 Å². The van der Waals surface area contributed by atoms with Gasteiger partial charge in [-0.25, -0.2) is 9.59 Å². The maximum atomic E-state index is 12.0. The van der Waals surface area contributed by atoms with E-state index in [1.165, 1.54) is 0 Å². The molecule has 0 bridgehead atoms. The molecule has 1 aromatic heterocycles. The molecule has 0 saturated heterocycles. The van der Waals surface area contributed by atoms with Gasteiger partial charge in [-0.3, -0.25) is 4.57 Å². The normalized spacial score (nSPS) is 10.7. The molecule has 1 N–H and O–H groups in total. The molecule has 124 valence electrons. The Kier molecular flexibility index (Phi) is 4.65. The molecule has 3 rings (SSSR count). The third-order valence-corrected chi connectivity index (χ3v) is 3.75. The van der Waals surface area contributed by atoms with E-state index >= 15 is 0 Å². The van der Waals surface area contributed by atoms with Gasteiger partial charge in [-0.2, -0.15) is 0 Å². The molecule has 24 heavy (non-hydrogen) atoms. The summed E-state index contributed by atoms with van der Waals surface area (Å²) in [7, 11) is 1.55. The van der Waals surface area contributed by atoms with Gasteiger partial charge in [-0.1, -0.05) is 18.2 Å². The fourth-order valence-electron chi connectivity index (χ4n) is 2.55. The van der Waals surface area contributed by atoms with Crippen molar-refractivity contribution in [1.82, 2.24) is 9.55 Å². The van der Waals surface area contributed by atoms with Crippen LogP contribution in [0.5, 0.6) is 5.75 Å². The Hall–Kier alpha value is -3.02. The molecule has 2 aromatic carbocycles. The lowest BCUT2D eigenvalue weighted by Crippen LogP contribution is -2.18.